The molecule has 2 fully saturated rings. The summed E-state index contributed by atoms with van der Waals surface area (Å²) in [6, 6.07) is 3.99. The number of amides is 5. The van der Waals surface area contributed by atoms with Crippen LogP contribution in [0.15, 0.2) is 18.2 Å². The summed E-state index contributed by atoms with van der Waals surface area (Å²) in [6.07, 6.45) is 2.06. The smallest absolute Gasteiger partial charge is 0.325 e. The summed E-state index contributed by atoms with van der Waals surface area (Å²) in [7, 11) is 3.24. The Kier molecular flexibility index (Phi) is 6.06. The van der Waals surface area contributed by atoms with Crippen molar-refractivity contribution < 1.29 is 19.2 Å². The Labute approximate surface area is 187 Å². The summed E-state index contributed by atoms with van der Waals surface area (Å²) < 4.78 is 0. The molecule has 1 aliphatic heterocycles. The second kappa shape index (κ2) is 8.15. The monoisotopic (exact) mass is 448 g/mol. The van der Waals surface area contributed by atoms with Gasteiger partial charge in [-0.2, -0.15) is 0 Å². The fourth-order valence-corrected chi connectivity index (χ4v) is 5.16. The highest BCUT2D eigenvalue weighted by Gasteiger charge is 2.56. The van der Waals surface area contributed by atoms with E-state index in [4.69, 9.17) is 11.6 Å². The minimum atomic E-state index is -0.964. The Bertz CT molecular complexity index is 945. The first kappa shape index (κ1) is 23.1. The summed E-state index contributed by atoms with van der Waals surface area (Å²) in [5, 5.41) is 5.72. The van der Waals surface area contributed by atoms with Crippen LogP contribution in [-0.2, 0) is 9.59 Å². The third-order valence-electron chi connectivity index (χ3n) is 5.82. The van der Waals surface area contributed by atoms with E-state index in [1.54, 1.807) is 20.2 Å². The highest BCUT2D eigenvalue weighted by atomic mass is 35.5. The molecule has 0 bridgehead atoms. The Morgan fingerprint density at radius 2 is 1.94 bits per heavy atom. The number of nitrogens with one attached hydrogen (secondary N) is 2. The van der Waals surface area contributed by atoms with Crippen molar-refractivity contribution in [3.05, 3.63) is 28.8 Å². The lowest BCUT2D eigenvalue weighted by molar-refractivity contribution is -0.136. The Balaban J connectivity index is 1.74. The number of nitrogens with zero attached hydrogens (tertiary/aromatic N) is 2. The highest BCUT2D eigenvalue weighted by Crippen LogP contribution is 2.46. The molecule has 1 saturated carbocycles. The standard InChI is InChI=1S/C22H29ClN4O4/c1-13-9-21(2,3)12-22(10-13)19(30)27(20(31)25-22)11-17(28)24-16-8-14(6-7-15(16)23)18(29)26(4)5/h6-8,13H,9-12H2,1-5H3,(H,24,28)(H,25,31). The van der Waals surface area contributed by atoms with Gasteiger partial charge in [-0.25, -0.2) is 4.79 Å². The molecule has 168 valence electrons. The number of rotatable bonds is 4. The van der Waals surface area contributed by atoms with Crippen LogP contribution in [0.1, 0.15) is 50.4 Å². The summed E-state index contributed by atoms with van der Waals surface area (Å²) >= 11 is 6.16. The molecule has 1 saturated heterocycles. The Morgan fingerprint density at radius 3 is 2.55 bits per heavy atom. The van der Waals surface area contributed by atoms with Crippen LogP contribution in [0.25, 0.3) is 0 Å². The Morgan fingerprint density at radius 1 is 1.26 bits per heavy atom. The second-order valence-electron chi connectivity index (χ2n) is 9.70. The fourth-order valence-electron chi connectivity index (χ4n) is 5.00. The van der Waals surface area contributed by atoms with Crippen molar-refractivity contribution in [2.24, 2.45) is 11.3 Å². The van der Waals surface area contributed by atoms with Crippen molar-refractivity contribution in [1.82, 2.24) is 15.1 Å². The van der Waals surface area contributed by atoms with Crippen LogP contribution in [0.2, 0.25) is 5.02 Å². The van der Waals surface area contributed by atoms with E-state index in [1.165, 1.54) is 17.0 Å². The van der Waals surface area contributed by atoms with Crippen LogP contribution >= 0.6 is 11.6 Å². The van der Waals surface area contributed by atoms with Crippen molar-refractivity contribution in [3.8, 4) is 0 Å². The van der Waals surface area contributed by atoms with Crippen molar-refractivity contribution in [2.45, 2.75) is 45.6 Å². The Hall–Kier alpha value is -2.61. The zero-order valence-corrected chi connectivity index (χ0v) is 19.3. The van der Waals surface area contributed by atoms with Gasteiger partial charge in [0.05, 0.1) is 10.7 Å². The molecular formula is C22H29ClN4O4. The third-order valence-corrected chi connectivity index (χ3v) is 6.15. The molecule has 2 unspecified atom stereocenters. The van der Waals surface area contributed by atoms with Crippen LogP contribution in [0.5, 0.6) is 0 Å². The molecule has 5 amide bonds. The van der Waals surface area contributed by atoms with Gasteiger partial charge in [-0.05, 0) is 48.8 Å². The van der Waals surface area contributed by atoms with Gasteiger partial charge in [0, 0.05) is 19.7 Å². The van der Waals surface area contributed by atoms with Crippen molar-refractivity contribution in [1.29, 1.82) is 0 Å². The van der Waals surface area contributed by atoms with E-state index in [2.05, 4.69) is 31.4 Å². The van der Waals surface area contributed by atoms with E-state index in [0.717, 1.165) is 11.3 Å². The summed E-state index contributed by atoms with van der Waals surface area (Å²) in [6.45, 7) is 5.82. The van der Waals surface area contributed by atoms with Gasteiger partial charge in [0.1, 0.15) is 12.1 Å². The SMILES string of the molecule is CC1CC(C)(C)CC2(C1)NC(=O)N(CC(=O)Nc1cc(C(=O)N(C)C)ccc1Cl)C2=O. The van der Waals surface area contributed by atoms with Gasteiger partial charge < -0.3 is 15.5 Å². The predicted octanol–water partition coefficient (Wildman–Crippen LogP) is 3.12. The molecule has 1 spiro atoms. The molecule has 1 heterocycles. The van der Waals surface area contributed by atoms with E-state index in [9.17, 15) is 19.2 Å². The minimum Gasteiger partial charge on any atom is -0.345 e. The summed E-state index contributed by atoms with van der Waals surface area (Å²) in [5.41, 5.74) is -0.453. The lowest BCUT2D eigenvalue weighted by Crippen LogP contribution is -2.54. The fraction of sp³-hybridized carbons (Fsp3) is 0.545. The predicted molar refractivity (Wildman–Crippen MR) is 118 cm³/mol. The van der Waals surface area contributed by atoms with Gasteiger partial charge in [0.2, 0.25) is 5.91 Å². The molecular weight excluding hydrogens is 420 g/mol. The van der Waals surface area contributed by atoms with Crippen molar-refractivity contribution in [2.75, 3.05) is 26.0 Å². The topological polar surface area (TPSA) is 98.8 Å². The van der Waals surface area contributed by atoms with Crippen molar-refractivity contribution >= 4 is 41.0 Å². The molecule has 8 nitrogen and oxygen atoms in total. The lowest BCUT2D eigenvalue weighted by Gasteiger charge is -2.43. The minimum absolute atomic E-state index is 0.0915. The van der Waals surface area contributed by atoms with Gasteiger partial charge in [-0.15, -0.1) is 0 Å². The molecule has 1 aromatic rings. The first-order valence-electron chi connectivity index (χ1n) is 10.3. The number of carbonyl (C=O) groups excluding carboxylic acids is 4. The van der Waals surface area contributed by atoms with Crippen LogP contribution in [0, 0.1) is 11.3 Å². The van der Waals surface area contributed by atoms with Crippen LogP contribution in [0.3, 0.4) is 0 Å². The maximum absolute atomic E-state index is 13.2. The maximum atomic E-state index is 13.2. The first-order chi connectivity index (χ1) is 14.3. The molecule has 2 aliphatic rings. The number of halogens is 1. The number of imide groups is 1. The number of hydrogen-bond acceptors (Lipinski definition) is 4. The van der Waals surface area contributed by atoms with Crippen LogP contribution in [0.4, 0.5) is 10.5 Å². The van der Waals surface area contributed by atoms with Crippen molar-refractivity contribution in [3.63, 3.8) is 0 Å². The lowest BCUT2D eigenvalue weighted by atomic mass is 9.64. The average molecular weight is 449 g/mol. The van der Waals surface area contributed by atoms with Crippen LogP contribution < -0.4 is 10.6 Å². The first-order valence-corrected chi connectivity index (χ1v) is 10.7. The van der Waals surface area contributed by atoms with E-state index in [-0.39, 0.29) is 33.9 Å². The summed E-state index contributed by atoms with van der Waals surface area (Å²) in [5.74, 6) is -0.898. The average Bonchev–Trinajstić information content (AvgIpc) is 2.84. The summed E-state index contributed by atoms with van der Waals surface area (Å²) in [4.78, 5) is 53.0. The van der Waals surface area contributed by atoms with Gasteiger partial charge in [-0.3, -0.25) is 19.3 Å². The van der Waals surface area contributed by atoms with Gasteiger partial charge in [0.25, 0.3) is 11.8 Å². The zero-order chi connectivity index (χ0) is 23.1. The van der Waals surface area contributed by atoms with Crippen LogP contribution in [-0.4, -0.2) is 59.7 Å². The second-order valence-corrected chi connectivity index (χ2v) is 10.1. The molecule has 0 radical (unpaired) electrons. The highest BCUT2D eigenvalue weighted by molar-refractivity contribution is 6.34. The molecule has 3 rings (SSSR count). The van der Waals surface area contributed by atoms with E-state index in [1.807, 2.05) is 0 Å². The van der Waals surface area contributed by atoms with E-state index in [0.29, 0.717) is 18.4 Å². The number of urea groups is 1. The normalized spacial score (nSPS) is 24.8. The number of benzene rings is 1. The molecule has 9 heteroatoms. The number of carbonyl (C=O) groups is 4. The number of anilines is 1. The number of hydrogen-bond donors (Lipinski definition) is 2. The molecule has 0 aromatic heterocycles. The quantitative estimate of drug-likeness (QED) is 0.691. The van der Waals surface area contributed by atoms with E-state index >= 15 is 0 Å². The maximum Gasteiger partial charge on any atom is 0.325 e. The molecule has 2 atom stereocenters. The zero-order valence-electron chi connectivity index (χ0n) is 18.5. The molecule has 1 aromatic carbocycles. The molecule has 1 aliphatic carbocycles. The molecule has 2 N–H and O–H groups in total. The van der Waals surface area contributed by atoms with Gasteiger partial charge >= 0.3 is 6.03 Å². The van der Waals surface area contributed by atoms with Gasteiger partial charge in [0.15, 0.2) is 0 Å². The largest absolute Gasteiger partial charge is 0.345 e. The van der Waals surface area contributed by atoms with Gasteiger partial charge in [-0.1, -0.05) is 32.4 Å². The van der Waals surface area contributed by atoms with E-state index < -0.39 is 24.0 Å². The third kappa shape index (κ3) is 4.69. The molecule has 31 heavy (non-hydrogen) atoms.